The highest BCUT2D eigenvalue weighted by atomic mass is 32.1. The Morgan fingerprint density at radius 1 is 1.11 bits per heavy atom. The number of likely N-dealkylation sites (tertiary alicyclic amines) is 1. The highest BCUT2D eigenvalue weighted by Crippen LogP contribution is 2.25. The van der Waals surface area contributed by atoms with Crippen molar-refractivity contribution < 1.29 is 9.59 Å². The van der Waals surface area contributed by atoms with Crippen LogP contribution in [0.2, 0.25) is 0 Å². The van der Waals surface area contributed by atoms with E-state index < -0.39 is 0 Å². The minimum absolute atomic E-state index is 0.0178. The predicted molar refractivity (Wildman–Crippen MR) is 110 cm³/mol. The standard InChI is InChI=1S/C22H28N2O2S/c1-16(2)15-19(17-7-4-3-5-8-17)23-21(25)18-10-12-24(13-11-18)22(26)20-9-6-14-27-20/h3-9,14,16,18-19H,10-13,15H2,1-2H3,(H,23,25). The number of thiophene rings is 1. The zero-order valence-corrected chi connectivity index (χ0v) is 16.9. The van der Waals surface area contributed by atoms with Gasteiger partial charge in [-0.15, -0.1) is 11.3 Å². The topological polar surface area (TPSA) is 49.4 Å². The fraction of sp³-hybridized carbons (Fsp3) is 0.455. The molecular formula is C22H28N2O2S. The second-order valence-electron chi connectivity index (χ2n) is 7.65. The maximum Gasteiger partial charge on any atom is 0.263 e. The van der Waals surface area contributed by atoms with Gasteiger partial charge < -0.3 is 10.2 Å². The number of carbonyl (C=O) groups is 2. The summed E-state index contributed by atoms with van der Waals surface area (Å²) < 4.78 is 0. The van der Waals surface area contributed by atoms with Crippen LogP contribution in [0.4, 0.5) is 0 Å². The third-order valence-corrected chi connectivity index (χ3v) is 5.97. The molecule has 0 bridgehead atoms. The maximum absolute atomic E-state index is 12.9. The Kier molecular flexibility index (Phi) is 6.67. The molecule has 5 heteroatoms. The third kappa shape index (κ3) is 5.19. The van der Waals surface area contributed by atoms with Gasteiger partial charge in [0, 0.05) is 19.0 Å². The number of rotatable bonds is 6. The van der Waals surface area contributed by atoms with E-state index in [9.17, 15) is 9.59 Å². The van der Waals surface area contributed by atoms with Gasteiger partial charge in [-0.2, -0.15) is 0 Å². The molecule has 0 saturated carbocycles. The Balaban J connectivity index is 1.57. The maximum atomic E-state index is 12.9. The zero-order valence-electron chi connectivity index (χ0n) is 16.1. The van der Waals surface area contributed by atoms with Gasteiger partial charge >= 0.3 is 0 Å². The predicted octanol–water partition coefficient (Wildman–Crippen LogP) is 4.50. The van der Waals surface area contributed by atoms with Crippen LogP contribution in [0.25, 0.3) is 0 Å². The molecule has 2 aromatic rings. The first kappa shape index (κ1) is 19.6. The van der Waals surface area contributed by atoms with Crippen molar-refractivity contribution in [1.29, 1.82) is 0 Å². The van der Waals surface area contributed by atoms with Crippen LogP contribution in [0.3, 0.4) is 0 Å². The van der Waals surface area contributed by atoms with Crippen molar-refractivity contribution >= 4 is 23.2 Å². The molecule has 1 fully saturated rings. The second-order valence-corrected chi connectivity index (χ2v) is 8.59. The Hall–Kier alpha value is -2.14. The monoisotopic (exact) mass is 384 g/mol. The Bertz CT molecular complexity index is 735. The molecule has 27 heavy (non-hydrogen) atoms. The van der Waals surface area contributed by atoms with Crippen LogP contribution in [-0.2, 0) is 4.79 Å². The van der Waals surface area contributed by atoms with E-state index in [4.69, 9.17) is 0 Å². The zero-order chi connectivity index (χ0) is 19.2. The van der Waals surface area contributed by atoms with Crippen molar-refractivity contribution in [1.82, 2.24) is 10.2 Å². The Labute approximate surface area is 165 Å². The van der Waals surface area contributed by atoms with E-state index in [1.54, 1.807) is 0 Å². The Morgan fingerprint density at radius 3 is 2.41 bits per heavy atom. The van der Waals surface area contributed by atoms with E-state index in [0.717, 1.165) is 29.7 Å². The smallest absolute Gasteiger partial charge is 0.263 e. The van der Waals surface area contributed by atoms with Gasteiger partial charge in [-0.25, -0.2) is 0 Å². The SMILES string of the molecule is CC(C)CC(NC(=O)C1CCN(C(=O)c2cccs2)CC1)c1ccccc1. The van der Waals surface area contributed by atoms with Gasteiger partial charge in [0.15, 0.2) is 0 Å². The van der Waals surface area contributed by atoms with Gasteiger partial charge in [0.1, 0.15) is 0 Å². The highest BCUT2D eigenvalue weighted by Gasteiger charge is 2.29. The van der Waals surface area contributed by atoms with E-state index in [-0.39, 0.29) is 23.8 Å². The minimum atomic E-state index is -0.0178. The number of nitrogens with one attached hydrogen (secondary N) is 1. The van der Waals surface area contributed by atoms with Gasteiger partial charge in [-0.3, -0.25) is 9.59 Å². The largest absolute Gasteiger partial charge is 0.349 e. The lowest BCUT2D eigenvalue weighted by molar-refractivity contribution is -0.127. The van der Waals surface area contributed by atoms with Gasteiger partial charge in [-0.05, 0) is 42.2 Å². The number of nitrogens with zero attached hydrogens (tertiary/aromatic N) is 1. The summed E-state index contributed by atoms with van der Waals surface area (Å²) in [6.45, 7) is 5.65. The molecule has 1 aromatic heterocycles. The fourth-order valence-electron chi connectivity index (χ4n) is 3.63. The summed E-state index contributed by atoms with van der Waals surface area (Å²) in [5.41, 5.74) is 1.16. The molecule has 144 valence electrons. The molecular weight excluding hydrogens is 356 g/mol. The number of hydrogen-bond acceptors (Lipinski definition) is 3. The second kappa shape index (κ2) is 9.18. The van der Waals surface area contributed by atoms with Crippen LogP contribution in [0.1, 0.15) is 54.4 Å². The fourth-order valence-corrected chi connectivity index (χ4v) is 4.32. The molecule has 1 N–H and O–H groups in total. The quantitative estimate of drug-likeness (QED) is 0.797. The molecule has 1 unspecified atom stereocenters. The van der Waals surface area contributed by atoms with Crippen molar-refractivity contribution in [3.05, 3.63) is 58.3 Å². The molecule has 0 radical (unpaired) electrons. The van der Waals surface area contributed by atoms with Crippen LogP contribution in [0, 0.1) is 11.8 Å². The normalized spacial score (nSPS) is 16.3. The van der Waals surface area contributed by atoms with E-state index in [0.29, 0.717) is 19.0 Å². The summed E-state index contributed by atoms with van der Waals surface area (Å²) in [6, 6.07) is 14.0. The summed E-state index contributed by atoms with van der Waals surface area (Å²) in [5, 5.41) is 5.19. The summed E-state index contributed by atoms with van der Waals surface area (Å²) in [7, 11) is 0. The first-order valence-corrected chi connectivity index (χ1v) is 10.6. The van der Waals surface area contributed by atoms with Gasteiger partial charge in [-0.1, -0.05) is 50.2 Å². The number of carbonyl (C=O) groups excluding carboxylic acids is 2. The summed E-state index contributed by atoms with van der Waals surface area (Å²) >= 11 is 1.47. The lowest BCUT2D eigenvalue weighted by atomic mass is 9.93. The van der Waals surface area contributed by atoms with Crippen LogP contribution in [0.15, 0.2) is 47.8 Å². The van der Waals surface area contributed by atoms with E-state index in [1.807, 2.05) is 40.6 Å². The van der Waals surface area contributed by atoms with Crippen molar-refractivity contribution in [3.63, 3.8) is 0 Å². The summed E-state index contributed by atoms with van der Waals surface area (Å²) in [4.78, 5) is 28.0. The van der Waals surface area contributed by atoms with Crippen molar-refractivity contribution in [2.45, 2.75) is 39.2 Å². The van der Waals surface area contributed by atoms with Crippen molar-refractivity contribution in [2.75, 3.05) is 13.1 Å². The van der Waals surface area contributed by atoms with E-state index >= 15 is 0 Å². The van der Waals surface area contributed by atoms with Crippen molar-refractivity contribution in [2.24, 2.45) is 11.8 Å². The molecule has 3 rings (SSSR count). The molecule has 1 saturated heterocycles. The highest BCUT2D eigenvalue weighted by molar-refractivity contribution is 7.12. The molecule has 1 aliphatic rings. The van der Waals surface area contributed by atoms with Gasteiger partial charge in [0.2, 0.25) is 5.91 Å². The number of benzene rings is 1. The molecule has 0 spiro atoms. The lowest BCUT2D eigenvalue weighted by Gasteiger charge is -2.32. The van der Waals surface area contributed by atoms with Crippen LogP contribution >= 0.6 is 11.3 Å². The average molecular weight is 385 g/mol. The number of amides is 2. The first-order chi connectivity index (χ1) is 13.0. The molecule has 2 amide bonds. The molecule has 0 aliphatic carbocycles. The van der Waals surface area contributed by atoms with Gasteiger partial charge in [0.25, 0.3) is 5.91 Å². The number of hydrogen-bond donors (Lipinski definition) is 1. The average Bonchev–Trinajstić information content (AvgIpc) is 3.22. The number of piperidine rings is 1. The molecule has 1 aliphatic heterocycles. The first-order valence-electron chi connectivity index (χ1n) is 9.72. The third-order valence-electron chi connectivity index (χ3n) is 5.11. The van der Waals surface area contributed by atoms with E-state index in [1.165, 1.54) is 11.3 Å². The van der Waals surface area contributed by atoms with Crippen LogP contribution in [0.5, 0.6) is 0 Å². The summed E-state index contributed by atoms with van der Waals surface area (Å²) in [5.74, 6) is 0.690. The van der Waals surface area contributed by atoms with Gasteiger partial charge in [0.05, 0.1) is 10.9 Å². The van der Waals surface area contributed by atoms with Crippen LogP contribution in [-0.4, -0.2) is 29.8 Å². The van der Waals surface area contributed by atoms with Crippen LogP contribution < -0.4 is 5.32 Å². The lowest BCUT2D eigenvalue weighted by Crippen LogP contribution is -2.43. The minimum Gasteiger partial charge on any atom is -0.349 e. The molecule has 4 nitrogen and oxygen atoms in total. The molecule has 2 heterocycles. The van der Waals surface area contributed by atoms with E-state index in [2.05, 4.69) is 31.3 Å². The molecule has 1 atom stereocenters. The van der Waals surface area contributed by atoms with Crippen molar-refractivity contribution in [3.8, 4) is 0 Å². The molecule has 1 aromatic carbocycles. The summed E-state index contributed by atoms with van der Waals surface area (Å²) in [6.07, 6.45) is 2.38. The Morgan fingerprint density at radius 2 is 1.81 bits per heavy atom.